The molecular formula is C4H5ClPd. The molecule has 0 aromatic carbocycles. The number of hydrogen-bond acceptors (Lipinski definition) is 0. The third kappa shape index (κ3) is 4.47. The molecule has 0 fully saturated rings. The predicted octanol–water partition coefficient (Wildman–Crippen LogP) is 1.98. The van der Waals surface area contributed by atoms with E-state index in [-0.39, 0.29) is 0 Å². The molecule has 0 aromatic heterocycles. The number of allylic oxidation sites excluding steroid dienone is 1. The molecule has 0 saturated carbocycles. The zero-order valence-electron chi connectivity index (χ0n) is 3.19. The molecule has 0 aliphatic rings. The Morgan fingerprint density at radius 1 is 2.00 bits per heavy atom. The van der Waals surface area contributed by atoms with E-state index in [1.54, 1.807) is 0 Å². The number of halogens is 1. The van der Waals surface area contributed by atoms with Gasteiger partial charge in [-0.25, -0.2) is 0 Å². The Labute approximate surface area is 50.0 Å². The van der Waals surface area contributed by atoms with Crippen LogP contribution < -0.4 is 0 Å². The van der Waals surface area contributed by atoms with Crippen molar-refractivity contribution in [3.05, 3.63) is 18.4 Å². The summed E-state index contributed by atoms with van der Waals surface area (Å²) >= 11 is 0.326. The normalized spacial score (nSPS) is 7.50. The van der Waals surface area contributed by atoms with Gasteiger partial charge in [-0.2, -0.15) is 0 Å². The Bertz CT molecular complexity index is 63.9. The van der Waals surface area contributed by atoms with Crippen LogP contribution >= 0.6 is 9.53 Å². The molecule has 0 radical (unpaired) electrons. The van der Waals surface area contributed by atoms with Gasteiger partial charge in [0.25, 0.3) is 0 Å². The van der Waals surface area contributed by atoms with E-state index in [9.17, 15) is 0 Å². The van der Waals surface area contributed by atoms with E-state index < -0.39 is 0 Å². The Morgan fingerprint density at radius 2 is 2.67 bits per heavy atom. The average molecular weight is 195 g/mol. The molecule has 0 N–H and O–H groups in total. The summed E-state index contributed by atoms with van der Waals surface area (Å²) in [6.45, 7) is 3.37. The van der Waals surface area contributed by atoms with Gasteiger partial charge < -0.3 is 0 Å². The average Bonchev–Trinajstić information content (AvgIpc) is 1.61. The van der Waals surface area contributed by atoms with Crippen LogP contribution in [0.3, 0.4) is 0 Å². The van der Waals surface area contributed by atoms with E-state index in [0.717, 1.165) is 4.89 Å². The molecule has 0 aliphatic heterocycles. The summed E-state index contributed by atoms with van der Waals surface area (Å²) < 4.78 is 0. The van der Waals surface area contributed by atoms with Crippen LogP contribution in [0.2, 0.25) is 4.89 Å². The van der Waals surface area contributed by atoms with Gasteiger partial charge in [0.15, 0.2) is 0 Å². The van der Waals surface area contributed by atoms with Crippen LogP contribution in [0.25, 0.3) is 0 Å². The summed E-state index contributed by atoms with van der Waals surface area (Å²) in [5, 5.41) is 0. The summed E-state index contributed by atoms with van der Waals surface area (Å²) in [4.78, 5) is 0.930. The SMILES string of the molecule is C=C=C[CH2][Pd][Cl]. The molecule has 0 heterocycles. The van der Waals surface area contributed by atoms with Gasteiger partial charge in [-0.3, -0.25) is 0 Å². The van der Waals surface area contributed by atoms with Gasteiger partial charge in [0.05, 0.1) is 0 Å². The first-order valence-corrected chi connectivity index (χ1v) is 4.49. The first-order chi connectivity index (χ1) is 2.91. The van der Waals surface area contributed by atoms with Crippen LogP contribution in [0.1, 0.15) is 0 Å². The second-order valence-electron chi connectivity index (χ2n) is 0.622. The van der Waals surface area contributed by atoms with E-state index in [1.165, 1.54) is 0 Å². The molecule has 2 heteroatoms. The number of hydrogen-bond donors (Lipinski definition) is 0. The molecule has 0 amide bonds. The number of rotatable bonds is 2. The Morgan fingerprint density at radius 3 is 2.83 bits per heavy atom. The molecule has 0 aromatic rings. The van der Waals surface area contributed by atoms with Gasteiger partial charge in [-0.1, -0.05) is 0 Å². The summed E-state index contributed by atoms with van der Waals surface area (Å²) in [7, 11) is 5.33. The maximum absolute atomic E-state index is 5.33. The van der Waals surface area contributed by atoms with Gasteiger partial charge in [-0.05, 0) is 0 Å². The van der Waals surface area contributed by atoms with Crippen molar-refractivity contribution in [1.29, 1.82) is 0 Å². The predicted molar refractivity (Wildman–Crippen MR) is 24.4 cm³/mol. The van der Waals surface area contributed by atoms with Crippen molar-refractivity contribution >= 4 is 9.53 Å². The molecule has 0 saturated heterocycles. The summed E-state index contributed by atoms with van der Waals surface area (Å²) in [5.74, 6) is 0. The van der Waals surface area contributed by atoms with E-state index in [1.807, 2.05) is 6.08 Å². The fourth-order valence-electron chi connectivity index (χ4n) is 0.0700. The Hall–Kier alpha value is 0.472. The fourth-order valence-corrected chi connectivity index (χ4v) is 0.703. The minimum absolute atomic E-state index is 0.326. The minimum atomic E-state index is 0.326. The molecule has 6 heavy (non-hydrogen) atoms. The molecule has 0 spiro atoms. The second-order valence-corrected chi connectivity index (χ2v) is 2.67. The van der Waals surface area contributed by atoms with Crippen LogP contribution in [-0.4, -0.2) is 0 Å². The van der Waals surface area contributed by atoms with Crippen LogP contribution in [0, 0.1) is 0 Å². The second kappa shape index (κ2) is 5.47. The van der Waals surface area contributed by atoms with Crippen molar-refractivity contribution in [2.75, 3.05) is 0 Å². The van der Waals surface area contributed by atoms with Gasteiger partial charge in [0.1, 0.15) is 0 Å². The topological polar surface area (TPSA) is 0 Å². The van der Waals surface area contributed by atoms with E-state index >= 15 is 0 Å². The Kier molecular flexibility index (Phi) is 5.90. The van der Waals surface area contributed by atoms with Crippen LogP contribution in [0.15, 0.2) is 18.4 Å². The van der Waals surface area contributed by atoms with Crippen molar-refractivity contribution in [2.24, 2.45) is 0 Å². The fraction of sp³-hybridized carbons (Fsp3) is 0.250. The van der Waals surface area contributed by atoms with Crippen molar-refractivity contribution in [1.82, 2.24) is 0 Å². The van der Waals surface area contributed by atoms with Crippen molar-refractivity contribution in [3.63, 3.8) is 0 Å². The first kappa shape index (κ1) is 6.47. The molecule has 0 unspecified atom stereocenters. The van der Waals surface area contributed by atoms with Crippen LogP contribution in [0.4, 0.5) is 0 Å². The summed E-state index contributed by atoms with van der Waals surface area (Å²) in [5.41, 5.74) is 2.62. The summed E-state index contributed by atoms with van der Waals surface area (Å²) in [6, 6.07) is 0. The monoisotopic (exact) mass is 194 g/mol. The summed E-state index contributed by atoms with van der Waals surface area (Å²) in [6.07, 6.45) is 1.83. The van der Waals surface area contributed by atoms with Crippen LogP contribution in [0.5, 0.6) is 0 Å². The van der Waals surface area contributed by atoms with E-state index in [0.29, 0.717) is 17.0 Å². The van der Waals surface area contributed by atoms with Gasteiger partial charge >= 0.3 is 49.8 Å². The Balaban J connectivity index is 2.86. The van der Waals surface area contributed by atoms with Crippen LogP contribution in [-0.2, 0) is 17.0 Å². The van der Waals surface area contributed by atoms with Gasteiger partial charge in [0, 0.05) is 0 Å². The molecule has 0 bridgehead atoms. The van der Waals surface area contributed by atoms with Gasteiger partial charge in [0.2, 0.25) is 0 Å². The van der Waals surface area contributed by atoms with E-state index in [4.69, 9.17) is 9.53 Å². The molecule has 0 rings (SSSR count). The van der Waals surface area contributed by atoms with E-state index in [2.05, 4.69) is 12.3 Å². The standard InChI is InChI=1S/C4H5.ClH.Pd/c1-3-4-2;;/h3H,1-2H2;1H;/q;;+1/p-1. The first-order valence-electron chi connectivity index (χ1n) is 1.39. The third-order valence-electron chi connectivity index (χ3n) is 0.258. The van der Waals surface area contributed by atoms with Crippen molar-refractivity contribution in [2.45, 2.75) is 4.89 Å². The van der Waals surface area contributed by atoms with Gasteiger partial charge in [-0.15, -0.1) is 0 Å². The third-order valence-corrected chi connectivity index (χ3v) is 1.39. The molecular weight excluding hydrogens is 190 g/mol. The zero-order chi connectivity index (χ0) is 4.83. The molecule has 0 nitrogen and oxygen atoms in total. The quantitative estimate of drug-likeness (QED) is 0.466. The zero-order valence-corrected chi connectivity index (χ0v) is 5.50. The van der Waals surface area contributed by atoms with Crippen molar-refractivity contribution < 1.29 is 17.0 Å². The molecule has 0 atom stereocenters. The molecule has 38 valence electrons. The molecule has 0 aliphatic carbocycles. The maximum atomic E-state index is 5.33. The van der Waals surface area contributed by atoms with Crippen molar-refractivity contribution in [3.8, 4) is 0 Å².